The van der Waals surface area contributed by atoms with Crippen LogP contribution in [-0.2, 0) is 11.3 Å². The number of carbonyl (C=O) groups is 3. The number of benzene rings is 3. The Morgan fingerprint density at radius 1 is 1.08 bits per heavy atom. The van der Waals surface area contributed by atoms with Gasteiger partial charge in [0.2, 0.25) is 11.8 Å². The number of carbonyl (C=O) groups excluding carboxylic acids is 2. The summed E-state index contributed by atoms with van der Waals surface area (Å²) in [4.78, 5) is 37.9. The van der Waals surface area contributed by atoms with Crippen LogP contribution in [0.15, 0.2) is 54.6 Å². The molecule has 3 aromatic carbocycles. The number of nitrogens with zero attached hydrogens (tertiary/aromatic N) is 1. The highest BCUT2D eigenvalue weighted by molar-refractivity contribution is 5.94. The van der Waals surface area contributed by atoms with Gasteiger partial charge in [-0.1, -0.05) is 12.1 Å². The second kappa shape index (κ2) is 10.9. The molecule has 9 heteroatoms. The summed E-state index contributed by atoms with van der Waals surface area (Å²) < 4.78 is 0. The molecule has 3 aromatic rings. The Kier molecular flexibility index (Phi) is 7.68. The lowest BCUT2D eigenvalue weighted by Crippen LogP contribution is -2.43. The van der Waals surface area contributed by atoms with Gasteiger partial charge in [-0.05, 0) is 104 Å². The molecule has 0 spiro atoms. The molecule has 6 N–H and O–H groups in total. The number of likely N-dealkylation sites (tertiary alicyclic amines) is 1. The molecule has 9 nitrogen and oxygen atoms in total. The van der Waals surface area contributed by atoms with E-state index >= 15 is 0 Å². The van der Waals surface area contributed by atoms with Gasteiger partial charge in [-0.25, -0.2) is 4.79 Å². The standard InChI is InChI=1S/C29H31N3O6/c1-16-10-20(27(30)35)6-7-23(16)21-11-18(12-22(33)13-21)15-32-9-3-4-25(32)28(36)31-17(2)19-5-8-24(29(37)38)26(34)14-19/h5-8,10-14,17,25,33-34H,3-4,9,15H2,1-2H3,(H2,30,35)(H,31,36)(H,37,38)/t17-,25+/m0/s1. The molecule has 0 unspecified atom stereocenters. The van der Waals surface area contributed by atoms with Crippen molar-refractivity contribution in [2.75, 3.05) is 6.54 Å². The Labute approximate surface area is 220 Å². The third-order valence-corrected chi connectivity index (χ3v) is 6.96. The van der Waals surface area contributed by atoms with Gasteiger partial charge < -0.3 is 26.4 Å². The van der Waals surface area contributed by atoms with Gasteiger partial charge in [0.05, 0.1) is 12.1 Å². The lowest BCUT2D eigenvalue weighted by atomic mass is 9.96. The van der Waals surface area contributed by atoms with E-state index in [1.54, 1.807) is 37.3 Å². The van der Waals surface area contributed by atoms with Crippen LogP contribution in [-0.4, -0.2) is 50.6 Å². The molecule has 4 rings (SSSR count). The number of nitrogens with two attached hydrogens (primary N) is 1. The monoisotopic (exact) mass is 517 g/mol. The number of aromatic carboxylic acids is 1. The van der Waals surface area contributed by atoms with Crippen molar-refractivity contribution in [1.29, 1.82) is 0 Å². The van der Waals surface area contributed by atoms with Gasteiger partial charge in [-0.2, -0.15) is 0 Å². The maximum absolute atomic E-state index is 13.2. The highest BCUT2D eigenvalue weighted by Crippen LogP contribution is 2.31. The molecule has 0 radical (unpaired) electrons. The fraction of sp³-hybridized carbons (Fsp3) is 0.276. The molecule has 1 heterocycles. The topological polar surface area (TPSA) is 153 Å². The number of phenols is 2. The van der Waals surface area contributed by atoms with Crippen LogP contribution in [0.2, 0.25) is 0 Å². The Morgan fingerprint density at radius 2 is 1.84 bits per heavy atom. The number of carboxylic acids is 1. The minimum absolute atomic E-state index is 0.106. The number of rotatable bonds is 8. The van der Waals surface area contributed by atoms with Crippen molar-refractivity contribution in [3.05, 3.63) is 82.4 Å². The van der Waals surface area contributed by atoms with E-state index in [9.17, 15) is 24.6 Å². The predicted molar refractivity (Wildman–Crippen MR) is 142 cm³/mol. The summed E-state index contributed by atoms with van der Waals surface area (Å²) in [5, 5.41) is 32.5. The van der Waals surface area contributed by atoms with Crippen molar-refractivity contribution in [3.63, 3.8) is 0 Å². The molecular formula is C29H31N3O6. The van der Waals surface area contributed by atoms with E-state index in [0.717, 1.165) is 35.2 Å². The largest absolute Gasteiger partial charge is 0.508 e. The van der Waals surface area contributed by atoms with Gasteiger partial charge in [0.15, 0.2) is 0 Å². The minimum Gasteiger partial charge on any atom is -0.508 e. The van der Waals surface area contributed by atoms with Gasteiger partial charge in [-0.3, -0.25) is 14.5 Å². The third-order valence-electron chi connectivity index (χ3n) is 6.96. The first-order valence-electron chi connectivity index (χ1n) is 12.4. The second-order valence-electron chi connectivity index (χ2n) is 9.72. The first kappa shape index (κ1) is 26.7. The molecule has 1 fully saturated rings. The lowest BCUT2D eigenvalue weighted by molar-refractivity contribution is -0.126. The number of amides is 2. The van der Waals surface area contributed by atoms with Gasteiger partial charge in [0.25, 0.3) is 0 Å². The lowest BCUT2D eigenvalue weighted by Gasteiger charge is -2.26. The Morgan fingerprint density at radius 3 is 2.50 bits per heavy atom. The van der Waals surface area contributed by atoms with Crippen molar-refractivity contribution in [3.8, 4) is 22.6 Å². The first-order chi connectivity index (χ1) is 18.0. The summed E-state index contributed by atoms with van der Waals surface area (Å²) in [6.45, 7) is 4.83. The van der Waals surface area contributed by atoms with Crippen LogP contribution in [0.1, 0.15) is 63.2 Å². The number of hydrogen-bond acceptors (Lipinski definition) is 6. The summed E-state index contributed by atoms with van der Waals surface area (Å²) in [5.74, 6) is -2.12. The SMILES string of the molecule is Cc1cc(C(N)=O)ccc1-c1cc(O)cc(CN2CCC[C@@H]2C(=O)N[C@@H](C)c2ccc(C(=O)O)c(O)c2)c1. The van der Waals surface area contributed by atoms with E-state index in [4.69, 9.17) is 10.8 Å². The molecular weight excluding hydrogens is 486 g/mol. The molecule has 198 valence electrons. The molecule has 1 saturated heterocycles. The third kappa shape index (κ3) is 5.78. The quantitative estimate of drug-likeness (QED) is 0.305. The predicted octanol–water partition coefficient (Wildman–Crippen LogP) is 3.71. The molecule has 38 heavy (non-hydrogen) atoms. The molecule has 0 saturated carbocycles. The smallest absolute Gasteiger partial charge is 0.339 e. The van der Waals surface area contributed by atoms with Crippen LogP contribution in [0.4, 0.5) is 0 Å². The number of carboxylic acid groups (broad SMARTS) is 1. The number of aromatic hydroxyl groups is 2. The second-order valence-corrected chi connectivity index (χ2v) is 9.72. The zero-order valence-electron chi connectivity index (χ0n) is 21.3. The fourth-order valence-electron chi connectivity index (χ4n) is 5.00. The van der Waals surface area contributed by atoms with E-state index in [0.29, 0.717) is 24.1 Å². The van der Waals surface area contributed by atoms with Gasteiger partial charge in [0.1, 0.15) is 17.1 Å². The fourth-order valence-corrected chi connectivity index (χ4v) is 5.00. The van der Waals surface area contributed by atoms with Crippen LogP contribution < -0.4 is 11.1 Å². The van der Waals surface area contributed by atoms with Gasteiger partial charge >= 0.3 is 5.97 Å². The van der Waals surface area contributed by atoms with Crippen LogP contribution in [0.5, 0.6) is 11.5 Å². The van der Waals surface area contributed by atoms with E-state index in [2.05, 4.69) is 10.2 Å². The zero-order chi connectivity index (χ0) is 27.6. The van der Waals surface area contributed by atoms with Crippen molar-refractivity contribution >= 4 is 17.8 Å². The molecule has 0 aliphatic carbocycles. The Bertz CT molecular complexity index is 1400. The van der Waals surface area contributed by atoms with E-state index < -0.39 is 17.9 Å². The van der Waals surface area contributed by atoms with Gasteiger partial charge in [0, 0.05) is 12.1 Å². The van der Waals surface area contributed by atoms with E-state index in [1.807, 2.05) is 19.1 Å². The Hall–Kier alpha value is -4.37. The minimum atomic E-state index is -1.22. The highest BCUT2D eigenvalue weighted by Gasteiger charge is 2.31. The Balaban J connectivity index is 1.48. The van der Waals surface area contributed by atoms with Crippen molar-refractivity contribution in [2.45, 2.75) is 45.3 Å². The summed E-state index contributed by atoms with van der Waals surface area (Å²) >= 11 is 0. The number of phenolic OH excluding ortho intramolecular Hbond substituents is 1. The zero-order valence-corrected chi connectivity index (χ0v) is 21.3. The van der Waals surface area contributed by atoms with Crippen LogP contribution >= 0.6 is 0 Å². The molecule has 0 bridgehead atoms. The summed E-state index contributed by atoms with van der Waals surface area (Å²) in [5.41, 5.74) is 9.57. The maximum atomic E-state index is 13.2. The molecule has 0 aromatic heterocycles. The molecule has 2 atom stereocenters. The van der Waals surface area contributed by atoms with Gasteiger partial charge in [-0.15, -0.1) is 0 Å². The van der Waals surface area contributed by atoms with Crippen LogP contribution in [0.25, 0.3) is 11.1 Å². The number of hydrogen-bond donors (Lipinski definition) is 5. The maximum Gasteiger partial charge on any atom is 0.339 e. The summed E-state index contributed by atoms with van der Waals surface area (Å²) in [7, 11) is 0. The highest BCUT2D eigenvalue weighted by atomic mass is 16.4. The molecule has 1 aliphatic rings. The summed E-state index contributed by atoms with van der Waals surface area (Å²) in [6.07, 6.45) is 1.53. The number of nitrogens with one attached hydrogen (secondary N) is 1. The molecule has 1 aliphatic heterocycles. The summed E-state index contributed by atoms with van der Waals surface area (Å²) in [6, 6.07) is 13.9. The van der Waals surface area contributed by atoms with E-state index in [1.165, 1.54) is 12.1 Å². The number of aryl methyl sites for hydroxylation is 1. The van der Waals surface area contributed by atoms with Crippen molar-refractivity contribution < 1.29 is 29.7 Å². The average molecular weight is 518 g/mol. The van der Waals surface area contributed by atoms with Crippen molar-refractivity contribution in [1.82, 2.24) is 10.2 Å². The normalized spacial score (nSPS) is 16.2. The number of primary amides is 1. The van der Waals surface area contributed by atoms with Crippen LogP contribution in [0.3, 0.4) is 0 Å². The van der Waals surface area contributed by atoms with E-state index in [-0.39, 0.29) is 29.0 Å². The molecule has 2 amide bonds. The van der Waals surface area contributed by atoms with Crippen molar-refractivity contribution in [2.24, 2.45) is 5.73 Å². The van der Waals surface area contributed by atoms with Crippen LogP contribution in [0, 0.1) is 6.92 Å². The first-order valence-corrected chi connectivity index (χ1v) is 12.4. The average Bonchev–Trinajstić information content (AvgIpc) is 3.31.